The Kier molecular flexibility index (Phi) is 4.80. The van der Waals surface area contributed by atoms with Gasteiger partial charge in [0.1, 0.15) is 6.61 Å². The fourth-order valence-electron chi connectivity index (χ4n) is 1.49. The summed E-state index contributed by atoms with van der Waals surface area (Å²) in [6.45, 7) is -0.884. The highest BCUT2D eigenvalue weighted by Crippen LogP contribution is 2.18. The van der Waals surface area contributed by atoms with Crippen molar-refractivity contribution in [3.05, 3.63) is 11.8 Å². The van der Waals surface area contributed by atoms with Gasteiger partial charge >= 0.3 is 12.3 Å². The molecule has 0 aromatic carbocycles. The van der Waals surface area contributed by atoms with Crippen molar-refractivity contribution >= 4 is 6.09 Å². The summed E-state index contributed by atoms with van der Waals surface area (Å²) in [5, 5.41) is 0. The number of hydrogen-bond acceptors (Lipinski definition) is 3. The fourth-order valence-corrected chi connectivity index (χ4v) is 1.49. The Bertz CT molecular complexity index is 302. The Morgan fingerprint density at radius 1 is 1.53 bits per heavy atom. The largest absolute Gasteiger partial charge is 0.452 e. The zero-order valence-electron chi connectivity index (χ0n) is 9.42. The lowest BCUT2D eigenvalue weighted by Crippen LogP contribution is -2.30. The van der Waals surface area contributed by atoms with Crippen LogP contribution in [-0.2, 0) is 9.47 Å². The zero-order valence-corrected chi connectivity index (χ0v) is 9.42. The van der Waals surface area contributed by atoms with E-state index in [-0.39, 0.29) is 6.61 Å². The van der Waals surface area contributed by atoms with Crippen LogP contribution in [0.4, 0.5) is 18.0 Å². The molecule has 0 atom stereocenters. The highest BCUT2D eigenvalue weighted by molar-refractivity contribution is 5.69. The number of halogens is 3. The van der Waals surface area contributed by atoms with E-state index in [2.05, 4.69) is 9.47 Å². The molecule has 0 spiro atoms. The van der Waals surface area contributed by atoms with Crippen LogP contribution < -0.4 is 0 Å². The first-order chi connectivity index (χ1) is 7.92. The summed E-state index contributed by atoms with van der Waals surface area (Å²) in [5.74, 6) is 0. The molecule has 0 saturated carbocycles. The van der Waals surface area contributed by atoms with Crippen LogP contribution in [0.25, 0.3) is 0 Å². The van der Waals surface area contributed by atoms with E-state index in [0.717, 1.165) is 0 Å². The second-order valence-corrected chi connectivity index (χ2v) is 3.66. The molecule has 1 heterocycles. The van der Waals surface area contributed by atoms with Crippen LogP contribution in [0.5, 0.6) is 0 Å². The number of methoxy groups -OCH3 is 1. The van der Waals surface area contributed by atoms with E-state index in [4.69, 9.17) is 0 Å². The van der Waals surface area contributed by atoms with E-state index < -0.39 is 18.9 Å². The normalized spacial score (nSPS) is 16.7. The molecule has 98 valence electrons. The van der Waals surface area contributed by atoms with Crippen LogP contribution in [0.3, 0.4) is 0 Å². The van der Waals surface area contributed by atoms with Gasteiger partial charge in [0, 0.05) is 12.7 Å². The lowest BCUT2D eigenvalue weighted by molar-refractivity contribution is -0.171. The summed E-state index contributed by atoms with van der Waals surface area (Å²) in [7, 11) is 1.25. The molecule has 0 radical (unpaired) electrons. The molecule has 0 aliphatic carbocycles. The summed E-state index contributed by atoms with van der Waals surface area (Å²) in [4.78, 5) is 12.5. The van der Waals surface area contributed by atoms with Gasteiger partial charge in [0.15, 0.2) is 0 Å². The van der Waals surface area contributed by atoms with Crippen molar-refractivity contribution in [1.29, 1.82) is 0 Å². The van der Waals surface area contributed by atoms with Gasteiger partial charge in [-0.05, 0) is 18.4 Å². The van der Waals surface area contributed by atoms with Gasteiger partial charge in [-0.1, -0.05) is 0 Å². The third-order valence-corrected chi connectivity index (χ3v) is 2.20. The van der Waals surface area contributed by atoms with Crippen LogP contribution in [0.1, 0.15) is 12.8 Å². The van der Waals surface area contributed by atoms with Crippen molar-refractivity contribution in [2.24, 2.45) is 0 Å². The van der Waals surface area contributed by atoms with Gasteiger partial charge in [0.2, 0.25) is 0 Å². The van der Waals surface area contributed by atoms with Crippen LogP contribution in [-0.4, -0.2) is 44.0 Å². The Balaban J connectivity index is 2.42. The quantitative estimate of drug-likeness (QED) is 0.774. The first-order valence-electron chi connectivity index (χ1n) is 5.11. The Hall–Kier alpha value is -1.24. The molecule has 1 rings (SSSR count). The lowest BCUT2D eigenvalue weighted by atomic mass is 10.1. The maximum atomic E-state index is 11.8. The monoisotopic (exact) mass is 253 g/mol. The lowest BCUT2D eigenvalue weighted by Gasteiger charge is -2.23. The predicted octanol–water partition coefficient (Wildman–Crippen LogP) is 2.31. The highest BCUT2D eigenvalue weighted by Gasteiger charge is 2.27. The average molecular weight is 253 g/mol. The Morgan fingerprint density at radius 3 is 2.82 bits per heavy atom. The summed E-state index contributed by atoms with van der Waals surface area (Å²) in [6, 6.07) is 0. The molecule has 7 heteroatoms. The van der Waals surface area contributed by atoms with Crippen molar-refractivity contribution < 1.29 is 27.4 Å². The third kappa shape index (κ3) is 5.08. The molecule has 0 N–H and O–H groups in total. The molecule has 0 aromatic heterocycles. The van der Waals surface area contributed by atoms with E-state index in [9.17, 15) is 18.0 Å². The average Bonchev–Trinajstić information content (AvgIpc) is 2.27. The third-order valence-electron chi connectivity index (χ3n) is 2.20. The van der Waals surface area contributed by atoms with Crippen LogP contribution in [0, 0.1) is 0 Å². The maximum Gasteiger partial charge on any atom is 0.413 e. The summed E-state index contributed by atoms with van der Waals surface area (Å²) in [5.41, 5.74) is 0.658. The molecule has 1 amide bonds. The molecule has 0 bridgehead atoms. The van der Waals surface area contributed by atoms with Gasteiger partial charge in [0.05, 0.1) is 13.7 Å². The fraction of sp³-hybridized carbons (Fsp3) is 0.700. The number of ether oxygens (including phenoxy) is 2. The van der Waals surface area contributed by atoms with Gasteiger partial charge in [-0.25, -0.2) is 4.79 Å². The van der Waals surface area contributed by atoms with E-state index in [1.54, 1.807) is 0 Å². The molecule has 1 aliphatic rings. The molecule has 4 nitrogen and oxygen atoms in total. The van der Waals surface area contributed by atoms with Crippen molar-refractivity contribution in [2.45, 2.75) is 19.0 Å². The van der Waals surface area contributed by atoms with Crippen LogP contribution in [0.2, 0.25) is 0 Å². The number of nitrogens with zero attached hydrogens (tertiary/aromatic N) is 1. The second-order valence-electron chi connectivity index (χ2n) is 3.66. The number of hydrogen-bond donors (Lipinski definition) is 0. The van der Waals surface area contributed by atoms with E-state index >= 15 is 0 Å². The van der Waals surface area contributed by atoms with Gasteiger partial charge in [0.25, 0.3) is 0 Å². The summed E-state index contributed by atoms with van der Waals surface area (Å²) in [6.07, 6.45) is -2.03. The van der Waals surface area contributed by atoms with Crippen molar-refractivity contribution in [3.8, 4) is 0 Å². The minimum atomic E-state index is -4.32. The number of alkyl halides is 3. The minimum absolute atomic E-state index is 0.118. The van der Waals surface area contributed by atoms with Crippen molar-refractivity contribution in [3.63, 3.8) is 0 Å². The van der Waals surface area contributed by atoms with Crippen molar-refractivity contribution in [1.82, 2.24) is 4.90 Å². The van der Waals surface area contributed by atoms with Crippen LogP contribution >= 0.6 is 0 Å². The molecule has 1 aliphatic heterocycles. The van der Waals surface area contributed by atoms with Crippen LogP contribution in [0.15, 0.2) is 11.8 Å². The highest BCUT2D eigenvalue weighted by atomic mass is 19.4. The topological polar surface area (TPSA) is 38.8 Å². The minimum Gasteiger partial charge on any atom is -0.452 e. The number of carbonyl (C=O) groups is 1. The van der Waals surface area contributed by atoms with Gasteiger partial charge in [-0.3, -0.25) is 4.90 Å². The van der Waals surface area contributed by atoms with E-state index in [0.29, 0.717) is 25.0 Å². The van der Waals surface area contributed by atoms with Gasteiger partial charge in [-0.2, -0.15) is 13.2 Å². The Morgan fingerprint density at radius 2 is 2.24 bits per heavy atom. The van der Waals surface area contributed by atoms with Crippen molar-refractivity contribution in [2.75, 3.05) is 26.9 Å². The van der Waals surface area contributed by atoms with E-state index in [1.807, 2.05) is 0 Å². The van der Waals surface area contributed by atoms with Gasteiger partial charge < -0.3 is 9.47 Å². The number of amides is 1. The predicted molar refractivity (Wildman–Crippen MR) is 53.3 cm³/mol. The number of carbonyl (C=O) groups excluding carboxylic acids is 1. The Labute approximate surface area is 97.0 Å². The standard InChI is InChI=1S/C10H14F3NO3/c1-16-9(15)14-4-2-3-8(5-14)6-17-7-10(11,12)13/h5H,2-4,6-7H2,1H3. The molecule has 17 heavy (non-hydrogen) atoms. The first kappa shape index (κ1) is 13.8. The molecule has 0 saturated heterocycles. The SMILES string of the molecule is COC(=O)N1C=C(COCC(F)(F)F)CCC1. The smallest absolute Gasteiger partial charge is 0.413 e. The summed E-state index contributed by atoms with van der Waals surface area (Å²) >= 11 is 0. The molecule has 0 aromatic rings. The van der Waals surface area contributed by atoms with E-state index in [1.165, 1.54) is 18.2 Å². The first-order valence-corrected chi connectivity index (χ1v) is 5.11. The zero-order chi connectivity index (χ0) is 12.9. The second kappa shape index (κ2) is 5.90. The molecule has 0 unspecified atom stereocenters. The maximum absolute atomic E-state index is 11.8. The number of rotatable bonds is 3. The summed E-state index contributed by atoms with van der Waals surface area (Å²) < 4.78 is 44.6. The molecular weight excluding hydrogens is 239 g/mol. The van der Waals surface area contributed by atoms with Gasteiger partial charge in [-0.15, -0.1) is 0 Å². The molecule has 0 fully saturated rings. The molecular formula is C10H14F3NO3.